The maximum Gasteiger partial charge on any atom is 0.0558 e. The number of hydrogen-bond acceptors (Lipinski definition) is 2. The Bertz CT molecular complexity index is 195. The van der Waals surface area contributed by atoms with Crippen molar-refractivity contribution in [3.05, 3.63) is 0 Å². The van der Waals surface area contributed by atoms with Crippen LogP contribution in [0.3, 0.4) is 0 Å². The van der Waals surface area contributed by atoms with Crippen LogP contribution in [0.15, 0.2) is 0 Å². The lowest BCUT2D eigenvalue weighted by Crippen LogP contribution is -2.35. The molecule has 2 aliphatic carbocycles. The first kappa shape index (κ1) is 12.4. The summed E-state index contributed by atoms with van der Waals surface area (Å²) in [6.45, 7) is 6.08. The first-order valence-electron chi connectivity index (χ1n) is 7.11. The summed E-state index contributed by atoms with van der Waals surface area (Å²) in [6, 6.07) is 0. The maximum absolute atomic E-state index is 9.10. The maximum atomic E-state index is 9.10. The first-order valence-corrected chi connectivity index (χ1v) is 7.11. The third-order valence-corrected chi connectivity index (χ3v) is 4.28. The molecule has 0 aliphatic heterocycles. The Hall–Kier alpha value is -0.0800. The monoisotopic (exact) mass is 225 g/mol. The van der Waals surface area contributed by atoms with Crippen LogP contribution in [0.2, 0.25) is 0 Å². The van der Waals surface area contributed by atoms with E-state index in [9.17, 15) is 0 Å². The smallest absolute Gasteiger partial charge is 0.0558 e. The molecule has 1 N–H and O–H groups in total. The van der Waals surface area contributed by atoms with E-state index in [1.165, 1.54) is 51.6 Å². The Morgan fingerprint density at radius 2 is 1.44 bits per heavy atom. The number of aliphatic hydroxyl groups excluding tert-OH is 1. The Labute approximate surface area is 100 Å². The molecule has 0 spiro atoms. The molecule has 0 radical (unpaired) electrons. The van der Waals surface area contributed by atoms with Crippen LogP contribution < -0.4 is 0 Å². The number of nitrogens with zero attached hydrogens (tertiary/aromatic N) is 1. The molecule has 0 bridgehead atoms. The van der Waals surface area contributed by atoms with Gasteiger partial charge in [0.25, 0.3) is 0 Å². The van der Waals surface area contributed by atoms with Crippen molar-refractivity contribution >= 4 is 0 Å². The molecule has 94 valence electrons. The van der Waals surface area contributed by atoms with Gasteiger partial charge in [0.2, 0.25) is 0 Å². The fraction of sp³-hybridized carbons (Fsp3) is 1.00. The van der Waals surface area contributed by atoms with E-state index >= 15 is 0 Å². The van der Waals surface area contributed by atoms with Crippen molar-refractivity contribution in [2.45, 2.75) is 45.4 Å². The minimum absolute atomic E-state index is 0.329. The Morgan fingerprint density at radius 3 is 1.88 bits per heavy atom. The van der Waals surface area contributed by atoms with Crippen LogP contribution in [0.5, 0.6) is 0 Å². The van der Waals surface area contributed by atoms with Gasteiger partial charge in [-0.15, -0.1) is 0 Å². The summed E-state index contributed by atoms with van der Waals surface area (Å²) in [5.41, 5.74) is 0. The highest BCUT2D eigenvalue weighted by atomic mass is 16.3. The fourth-order valence-corrected chi connectivity index (χ4v) is 2.94. The average Bonchev–Trinajstić information content (AvgIpc) is 3.06. The van der Waals surface area contributed by atoms with Crippen LogP contribution in [-0.2, 0) is 0 Å². The molecule has 0 saturated heterocycles. The van der Waals surface area contributed by atoms with Gasteiger partial charge in [-0.25, -0.2) is 0 Å². The Morgan fingerprint density at radius 1 is 0.938 bits per heavy atom. The molecule has 2 heteroatoms. The van der Waals surface area contributed by atoms with E-state index in [0.29, 0.717) is 6.61 Å². The van der Waals surface area contributed by atoms with Crippen LogP contribution in [0.4, 0.5) is 0 Å². The van der Waals surface area contributed by atoms with Gasteiger partial charge in [-0.05, 0) is 43.4 Å². The molecule has 0 amide bonds. The summed E-state index contributed by atoms with van der Waals surface area (Å²) in [7, 11) is 0. The van der Waals surface area contributed by atoms with E-state index < -0.39 is 0 Å². The molecule has 0 aromatic heterocycles. The lowest BCUT2D eigenvalue weighted by Gasteiger charge is -2.31. The van der Waals surface area contributed by atoms with Crippen molar-refractivity contribution in [1.82, 2.24) is 4.90 Å². The SMILES string of the molecule is CC1CCC(CN(CCO)CC2CC2)CC1. The second-order valence-corrected chi connectivity index (χ2v) is 6.05. The van der Waals surface area contributed by atoms with Gasteiger partial charge in [-0.3, -0.25) is 0 Å². The van der Waals surface area contributed by atoms with Crippen molar-refractivity contribution in [2.75, 3.05) is 26.2 Å². The Kier molecular flexibility index (Phi) is 4.66. The van der Waals surface area contributed by atoms with Crippen molar-refractivity contribution in [3.63, 3.8) is 0 Å². The zero-order valence-corrected chi connectivity index (χ0v) is 10.7. The Balaban J connectivity index is 1.70. The molecule has 0 unspecified atom stereocenters. The zero-order chi connectivity index (χ0) is 11.4. The minimum Gasteiger partial charge on any atom is -0.395 e. The molecular formula is C14H27NO. The molecule has 16 heavy (non-hydrogen) atoms. The van der Waals surface area contributed by atoms with Crippen molar-refractivity contribution in [1.29, 1.82) is 0 Å². The topological polar surface area (TPSA) is 23.5 Å². The van der Waals surface area contributed by atoms with Gasteiger partial charge in [-0.1, -0.05) is 19.8 Å². The second-order valence-electron chi connectivity index (χ2n) is 6.05. The van der Waals surface area contributed by atoms with Crippen LogP contribution in [-0.4, -0.2) is 36.2 Å². The first-order chi connectivity index (χ1) is 7.78. The van der Waals surface area contributed by atoms with Crippen LogP contribution in [0.1, 0.15) is 45.4 Å². The summed E-state index contributed by atoms with van der Waals surface area (Å²) in [4.78, 5) is 2.51. The molecule has 2 fully saturated rings. The summed E-state index contributed by atoms with van der Waals surface area (Å²) in [5, 5.41) is 9.10. The molecular weight excluding hydrogens is 198 g/mol. The zero-order valence-electron chi connectivity index (χ0n) is 10.7. The molecule has 0 heterocycles. The van der Waals surface area contributed by atoms with Gasteiger partial charge in [0.1, 0.15) is 0 Å². The third-order valence-electron chi connectivity index (χ3n) is 4.28. The van der Waals surface area contributed by atoms with Gasteiger partial charge in [-0.2, -0.15) is 0 Å². The van der Waals surface area contributed by atoms with Crippen LogP contribution in [0.25, 0.3) is 0 Å². The standard InChI is InChI=1S/C14H27NO/c1-12-2-4-13(5-3-12)10-15(8-9-16)11-14-6-7-14/h12-14,16H,2-11H2,1H3. The number of rotatable bonds is 6. The predicted molar refractivity (Wildman–Crippen MR) is 67.4 cm³/mol. The van der Waals surface area contributed by atoms with Crippen LogP contribution >= 0.6 is 0 Å². The normalized spacial score (nSPS) is 30.9. The van der Waals surface area contributed by atoms with E-state index in [1.54, 1.807) is 0 Å². The largest absolute Gasteiger partial charge is 0.395 e. The minimum atomic E-state index is 0.329. The third kappa shape index (κ3) is 4.06. The summed E-state index contributed by atoms with van der Waals surface area (Å²) < 4.78 is 0. The number of hydrogen-bond donors (Lipinski definition) is 1. The van der Waals surface area contributed by atoms with Gasteiger partial charge < -0.3 is 10.0 Å². The van der Waals surface area contributed by atoms with E-state index in [0.717, 1.165) is 24.3 Å². The van der Waals surface area contributed by atoms with Gasteiger partial charge in [0.05, 0.1) is 6.61 Å². The summed E-state index contributed by atoms with van der Waals surface area (Å²) in [6.07, 6.45) is 8.50. The molecule has 2 rings (SSSR count). The highest BCUT2D eigenvalue weighted by Gasteiger charge is 2.26. The van der Waals surface area contributed by atoms with E-state index in [-0.39, 0.29) is 0 Å². The fourth-order valence-electron chi connectivity index (χ4n) is 2.94. The van der Waals surface area contributed by atoms with Gasteiger partial charge in [0, 0.05) is 19.6 Å². The molecule has 0 atom stereocenters. The highest BCUT2D eigenvalue weighted by Crippen LogP contribution is 2.32. The lowest BCUT2D eigenvalue weighted by atomic mass is 9.83. The average molecular weight is 225 g/mol. The second kappa shape index (κ2) is 6.02. The van der Waals surface area contributed by atoms with Crippen molar-refractivity contribution in [2.24, 2.45) is 17.8 Å². The predicted octanol–water partition coefficient (Wildman–Crippen LogP) is 2.52. The molecule has 2 nitrogen and oxygen atoms in total. The van der Waals surface area contributed by atoms with E-state index in [2.05, 4.69) is 11.8 Å². The molecule has 2 saturated carbocycles. The number of aliphatic hydroxyl groups is 1. The van der Waals surface area contributed by atoms with E-state index in [1.807, 2.05) is 0 Å². The van der Waals surface area contributed by atoms with Crippen LogP contribution in [0, 0.1) is 17.8 Å². The van der Waals surface area contributed by atoms with Crippen molar-refractivity contribution < 1.29 is 5.11 Å². The summed E-state index contributed by atoms with van der Waals surface area (Å²) >= 11 is 0. The molecule has 0 aromatic rings. The lowest BCUT2D eigenvalue weighted by molar-refractivity contribution is 0.148. The van der Waals surface area contributed by atoms with Crippen molar-refractivity contribution in [3.8, 4) is 0 Å². The highest BCUT2D eigenvalue weighted by molar-refractivity contribution is 4.80. The van der Waals surface area contributed by atoms with E-state index in [4.69, 9.17) is 5.11 Å². The van der Waals surface area contributed by atoms with Gasteiger partial charge >= 0.3 is 0 Å². The quantitative estimate of drug-likeness (QED) is 0.751. The summed E-state index contributed by atoms with van der Waals surface area (Å²) in [5.74, 6) is 2.81. The molecule has 0 aromatic carbocycles. The van der Waals surface area contributed by atoms with Gasteiger partial charge in [0.15, 0.2) is 0 Å². The molecule has 2 aliphatic rings.